The van der Waals surface area contributed by atoms with Crippen molar-refractivity contribution in [2.24, 2.45) is 0 Å². The first-order valence-corrected chi connectivity index (χ1v) is 9.47. The highest BCUT2D eigenvalue weighted by Crippen LogP contribution is 2.42. The van der Waals surface area contributed by atoms with Crippen LogP contribution in [0.2, 0.25) is 0 Å². The average Bonchev–Trinajstić information content (AvgIpc) is 3.01. The first kappa shape index (κ1) is 19.8. The zero-order valence-corrected chi connectivity index (χ0v) is 15.6. The van der Waals surface area contributed by atoms with E-state index < -0.39 is 22.9 Å². The van der Waals surface area contributed by atoms with E-state index in [0.717, 1.165) is 6.07 Å². The maximum absolute atomic E-state index is 13.6. The number of benzene rings is 2. The van der Waals surface area contributed by atoms with Crippen LogP contribution in [0.15, 0.2) is 41.3 Å². The van der Waals surface area contributed by atoms with Crippen molar-refractivity contribution in [2.45, 2.75) is 18.0 Å². The molecule has 0 aliphatic carbocycles. The Bertz CT molecular complexity index is 974. The molecule has 0 fully saturated rings. The van der Waals surface area contributed by atoms with E-state index in [9.17, 15) is 17.7 Å². The summed E-state index contributed by atoms with van der Waals surface area (Å²) in [6.07, 6.45) is -3.14. The largest absolute Gasteiger partial charge is 0.612 e. The predicted octanol–water partition coefficient (Wildman–Crippen LogP) is 3.99. The number of aromatic nitrogens is 3. The van der Waals surface area contributed by atoms with Crippen molar-refractivity contribution in [3.05, 3.63) is 47.5 Å². The predicted molar refractivity (Wildman–Crippen MR) is 99.1 cm³/mol. The van der Waals surface area contributed by atoms with Gasteiger partial charge in [0.25, 0.3) is 0 Å². The molecule has 1 unspecified atom stereocenters. The molecular weight excluding hydrogens is 395 g/mol. The van der Waals surface area contributed by atoms with Crippen LogP contribution in [0, 0.1) is 6.92 Å². The minimum atomic E-state index is -4.65. The van der Waals surface area contributed by atoms with Crippen LogP contribution < -0.4 is 15.8 Å². The number of ether oxygens (including phenoxy) is 1. The third-order valence-corrected chi connectivity index (χ3v) is 4.65. The van der Waals surface area contributed by atoms with E-state index in [1.807, 2.05) is 0 Å². The molecule has 0 saturated heterocycles. The summed E-state index contributed by atoms with van der Waals surface area (Å²) in [5, 5.41) is 8.79. The van der Waals surface area contributed by atoms with Crippen LogP contribution in [0.4, 0.5) is 30.8 Å². The first-order valence-electron chi connectivity index (χ1n) is 7.91. The number of rotatable bonds is 5. The molecule has 7 nitrogen and oxygen atoms in total. The van der Waals surface area contributed by atoms with Gasteiger partial charge in [-0.1, -0.05) is 0 Å². The first-order chi connectivity index (χ1) is 13.1. The Balaban J connectivity index is 1.95. The fourth-order valence-electron chi connectivity index (χ4n) is 2.47. The second kappa shape index (κ2) is 7.60. The van der Waals surface area contributed by atoms with Gasteiger partial charge in [0.05, 0.1) is 0 Å². The molecule has 28 heavy (non-hydrogen) atoms. The molecule has 3 rings (SSSR count). The van der Waals surface area contributed by atoms with E-state index in [1.54, 1.807) is 0 Å². The Labute approximate surface area is 161 Å². The monoisotopic (exact) mass is 411 g/mol. The smallest absolute Gasteiger partial charge is 0.420 e. The van der Waals surface area contributed by atoms with Gasteiger partial charge in [-0.3, -0.25) is 0 Å². The molecule has 1 atom stereocenters. The number of nitrogen functional groups attached to an aromatic ring is 1. The van der Waals surface area contributed by atoms with Crippen molar-refractivity contribution in [1.82, 2.24) is 15.2 Å². The third kappa shape index (κ3) is 4.49. The number of H-pyrrole nitrogens is 1. The molecule has 0 aliphatic heterocycles. The van der Waals surface area contributed by atoms with E-state index >= 15 is 0 Å². The SMILES string of the molecule is Cc1cc(Nc2n[nH]c(N)n2)cc(C(F)(F)F)c1Oc1ccc([S+](C)[O-])cc1. The van der Waals surface area contributed by atoms with E-state index in [0.29, 0.717) is 4.90 Å². The molecule has 148 valence electrons. The van der Waals surface area contributed by atoms with Crippen LogP contribution in [0.1, 0.15) is 11.1 Å². The fraction of sp³-hybridized carbons (Fsp3) is 0.176. The lowest BCUT2D eigenvalue weighted by molar-refractivity contribution is -0.138. The van der Waals surface area contributed by atoms with Crippen molar-refractivity contribution in [1.29, 1.82) is 0 Å². The lowest BCUT2D eigenvalue weighted by Gasteiger charge is -2.18. The van der Waals surface area contributed by atoms with Crippen LogP contribution in [0.3, 0.4) is 0 Å². The second-order valence-corrected chi connectivity index (χ2v) is 7.24. The Morgan fingerprint density at radius 1 is 1.21 bits per heavy atom. The molecule has 0 saturated carbocycles. The van der Waals surface area contributed by atoms with Gasteiger partial charge >= 0.3 is 6.18 Å². The number of nitrogens with zero attached hydrogens (tertiary/aromatic N) is 2. The summed E-state index contributed by atoms with van der Waals surface area (Å²) in [5.74, 6) is -0.0447. The number of halogens is 3. The van der Waals surface area contributed by atoms with Crippen LogP contribution in [0.5, 0.6) is 11.5 Å². The summed E-state index contributed by atoms with van der Waals surface area (Å²) in [6, 6.07) is 8.41. The van der Waals surface area contributed by atoms with Crippen molar-refractivity contribution < 1.29 is 22.5 Å². The number of alkyl halides is 3. The van der Waals surface area contributed by atoms with Crippen molar-refractivity contribution in [2.75, 3.05) is 17.3 Å². The summed E-state index contributed by atoms with van der Waals surface area (Å²) in [4.78, 5) is 4.35. The highest BCUT2D eigenvalue weighted by molar-refractivity contribution is 7.90. The zero-order chi connectivity index (χ0) is 20.5. The van der Waals surface area contributed by atoms with Gasteiger partial charge in [0.1, 0.15) is 23.3 Å². The van der Waals surface area contributed by atoms with Crippen LogP contribution in [-0.4, -0.2) is 26.0 Å². The molecule has 3 aromatic rings. The van der Waals surface area contributed by atoms with Gasteiger partial charge in [-0.15, -0.1) is 5.10 Å². The van der Waals surface area contributed by atoms with E-state index in [2.05, 4.69) is 20.5 Å². The fourth-order valence-corrected chi connectivity index (χ4v) is 2.99. The number of nitrogens with two attached hydrogens (primary N) is 1. The Morgan fingerprint density at radius 2 is 1.89 bits per heavy atom. The summed E-state index contributed by atoms with van der Waals surface area (Å²) >= 11 is -1.19. The van der Waals surface area contributed by atoms with Crippen molar-refractivity contribution in [3.8, 4) is 11.5 Å². The van der Waals surface area contributed by atoms with Gasteiger partial charge in [-0.25, -0.2) is 5.10 Å². The van der Waals surface area contributed by atoms with Crippen LogP contribution >= 0.6 is 0 Å². The maximum Gasteiger partial charge on any atom is 0.420 e. The van der Waals surface area contributed by atoms with Gasteiger partial charge < -0.3 is 20.3 Å². The number of nitrogens with one attached hydrogen (secondary N) is 2. The molecule has 4 N–H and O–H groups in total. The molecule has 0 amide bonds. The molecule has 2 aromatic carbocycles. The molecule has 1 aromatic heterocycles. The number of hydrogen-bond donors (Lipinski definition) is 3. The third-order valence-electron chi connectivity index (χ3n) is 3.71. The molecule has 0 aliphatic rings. The van der Waals surface area contributed by atoms with Gasteiger partial charge in [-0.05, 0) is 60.1 Å². The zero-order valence-electron chi connectivity index (χ0n) is 14.8. The molecule has 0 radical (unpaired) electrons. The van der Waals surface area contributed by atoms with Crippen LogP contribution in [0.25, 0.3) is 0 Å². The van der Waals surface area contributed by atoms with Gasteiger partial charge in [0.2, 0.25) is 11.9 Å². The summed E-state index contributed by atoms with van der Waals surface area (Å²) in [5.41, 5.74) is 4.84. The average molecular weight is 411 g/mol. The summed E-state index contributed by atoms with van der Waals surface area (Å²) in [7, 11) is 0. The van der Waals surface area contributed by atoms with E-state index in [4.69, 9.17) is 10.5 Å². The van der Waals surface area contributed by atoms with Crippen molar-refractivity contribution in [3.63, 3.8) is 0 Å². The molecule has 0 bridgehead atoms. The molecule has 0 spiro atoms. The highest BCUT2D eigenvalue weighted by Gasteiger charge is 2.36. The number of aromatic amines is 1. The summed E-state index contributed by atoms with van der Waals surface area (Å²) in [6.45, 7) is 1.50. The van der Waals surface area contributed by atoms with Gasteiger partial charge in [-0.2, -0.15) is 18.2 Å². The number of hydrogen-bond acceptors (Lipinski definition) is 6. The summed E-state index contributed by atoms with van der Waals surface area (Å²) < 4.78 is 57.8. The minimum Gasteiger partial charge on any atom is -0.612 e. The van der Waals surface area contributed by atoms with E-state index in [1.165, 1.54) is 43.5 Å². The van der Waals surface area contributed by atoms with Crippen LogP contribution in [-0.2, 0) is 17.4 Å². The topological polar surface area (TPSA) is 112 Å². The lowest BCUT2D eigenvalue weighted by atomic mass is 10.1. The maximum atomic E-state index is 13.6. The van der Waals surface area contributed by atoms with Gasteiger partial charge in [0, 0.05) is 5.69 Å². The molecule has 11 heteroatoms. The number of anilines is 3. The highest BCUT2D eigenvalue weighted by atomic mass is 32.2. The molecule has 1 heterocycles. The lowest BCUT2D eigenvalue weighted by Crippen LogP contribution is -2.09. The Morgan fingerprint density at radius 3 is 2.43 bits per heavy atom. The minimum absolute atomic E-state index is 0.0340. The quantitative estimate of drug-likeness (QED) is 0.548. The standard InChI is InChI=1S/C17H16F3N5O2S/c1-9-7-10(22-16-23-15(21)24-25-16)8-13(17(18,19)20)14(9)27-11-3-5-12(6-4-11)28(2)26/h3-8H,1-2H3,(H4,21,22,23,24,25). The van der Waals surface area contributed by atoms with E-state index in [-0.39, 0.29) is 34.6 Å². The Hall–Kier alpha value is -2.92. The second-order valence-electron chi connectivity index (χ2n) is 5.86. The van der Waals surface area contributed by atoms with Crippen molar-refractivity contribution >= 4 is 28.8 Å². The normalized spacial score (nSPS) is 12.6. The van der Waals surface area contributed by atoms with Gasteiger partial charge in [0.15, 0.2) is 4.90 Å². The number of aryl methyl sites for hydroxylation is 1. The molecular formula is C17H16F3N5O2S. The Kier molecular flexibility index (Phi) is 5.38.